The summed E-state index contributed by atoms with van der Waals surface area (Å²) in [5.74, 6) is 1.90. The molecule has 5 nitrogen and oxygen atoms in total. The first-order valence-electron chi connectivity index (χ1n) is 6.10. The monoisotopic (exact) mass is 238 g/mol. The molecule has 0 spiro atoms. The quantitative estimate of drug-likeness (QED) is 0.675. The van der Waals surface area contributed by atoms with Gasteiger partial charge in [0.15, 0.2) is 0 Å². The van der Waals surface area contributed by atoms with Crippen LogP contribution in [-0.4, -0.2) is 34.3 Å². The van der Waals surface area contributed by atoms with Gasteiger partial charge in [-0.1, -0.05) is 20.8 Å². The summed E-state index contributed by atoms with van der Waals surface area (Å²) in [6.45, 7) is 7.22. The SMILES string of the molecule is CCCNc1cc(N[C@H](CO)C(C)C)ncn1. The third-order valence-corrected chi connectivity index (χ3v) is 2.56. The number of aliphatic hydroxyl groups excluding tert-OH is 1. The molecule has 1 aromatic rings. The van der Waals surface area contributed by atoms with Gasteiger partial charge >= 0.3 is 0 Å². The Hall–Kier alpha value is -1.36. The molecule has 1 heterocycles. The molecule has 17 heavy (non-hydrogen) atoms. The highest BCUT2D eigenvalue weighted by molar-refractivity contribution is 5.46. The standard InChI is InChI=1S/C12H22N4O/c1-4-5-13-11-6-12(15-8-14-11)16-10(7-17)9(2)3/h6,8-10,17H,4-5,7H2,1-3H3,(H2,13,14,15,16)/t10-/m1/s1. The normalized spacial score (nSPS) is 12.5. The highest BCUT2D eigenvalue weighted by Crippen LogP contribution is 2.12. The summed E-state index contributed by atoms with van der Waals surface area (Å²) < 4.78 is 0. The van der Waals surface area contributed by atoms with Crippen LogP contribution in [0.3, 0.4) is 0 Å². The summed E-state index contributed by atoms with van der Waals surface area (Å²) in [4.78, 5) is 8.27. The summed E-state index contributed by atoms with van der Waals surface area (Å²) in [6.07, 6.45) is 2.58. The fourth-order valence-electron chi connectivity index (χ4n) is 1.40. The Bertz CT molecular complexity index is 330. The van der Waals surface area contributed by atoms with Crippen LogP contribution >= 0.6 is 0 Å². The molecule has 0 bridgehead atoms. The van der Waals surface area contributed by atoms with Crippen LogP contribution in [0.25, 0.3) is 0 Å². The zero-order valence-electron chi connectivity index (χ0n) is 10.8. The second-order valence-corrected chi connectivity index (χ2v) is 4.39. The van der Waals surface area contributed by atoms with E-state index in [9.17, 15) is 5.11 Å². The smallest absolute Gasteiger partial charge is 0.131 e. The van der Waals surface area contributed by atoms with Crippen molar-refractivity contribution in [2.24, 2.45) is 5.92 Å². The molecule has 0 amide bonds. The van der Waals surface area contributed by atoms with Gasteiger partial charge in [0.2, 0.25) is 0 Å². The third-order valence-electron chi connectivity index (χ3n) is 2.56. The van der Waals surface area contributed by atoms with Crippen molar-refractivity contribution in [1.29, 1.82) is 0 Å². The predicted molar refractivity (Wildman–Crippen MR) is 70.1 cm³/mol. The van der Waals surface area contributed by atoms with Crippen molar-refractivity contribution in [2.75, 3.05) is 23.8 Å². The maximum Gasteiger partial charge on any atom is 0.131 e. The molecule has 0 aliphatic carbocycles. The number of nitrogens with zero attached hydrogens (tertiary/aromatic N) is 2. The summed E-state index contributed by atoms with van der Waals surface area (Å²) in [7, 11) is 0. The molecular weight excluding hydrogens is 216 g/mol. The topological polar surface area (TPSA) is 70.1 Å². The zero-order chi connectivity index (χ0) is 12.7. The number of aliphatic hydroxyl groups is 1. The van der Waals surface area contributed by atoms with Crippen LogP contribution in [0.15, 0.2) is 12.4 Å². The molecule has 0 fully saturated rings. The first kappa shape index (κ1) is 13.7. The molecule has 0 aliphatic heterocycles. The van der Waals surface area contributed by atoms with E-state index in [4.69, 9.17) is 0 Å². The summed E-state index contributed by atoms with van der Waals surface area (Å²) in [6, 6.07) is 1.88. The van der Waals surface area contributed by atoms with Crippen molar-refractivity contribution >= 4 is 11.6 Å². The molecule has 0 saturated carbocycles. The minimum atomic E-state index is 0.0175. The molecule has 96 valence electrons. The fourth-order valence-corrected chi connectivity index (χ4v) is 1.40. The highest BCUT2D eigenvalue weighted by Gasteiger charge is 2.12. The van der Waals surface area contributed by atoms with Gasteiger partial charge in [-0.3, -0.25) is 0 Å². The average molecular weight is 238 g/mol. The maximum absolute atomic E-state index is 9.25. The van der Waals surface area contributed by atoms with Crippen LogP contribution in [0.5, 0.6) is 0 Å². The minimum Gasteiger partial charge on any atom is -0.394 e. The van der Waals surface area contributed by atoms with E-state index in [0.717, 1.165) is 24.6 Å². The van der Waals surface area contributed by atoms with Gasteiger partial charge in [0, 0.05) is 12.6 Å². The molecule has 1 rings (SSSR count). The lowest BCUT2D eigenvalue weighted by Crippen LogP contribution is -2.29. The number of aromatic nitrogens is 2. The number of nitrogens with one attached hydrogen (secondary N) is 2. The van der Waals surface area contributed by atoms with E-state index in [2.05, 4.69) is 41.4 Å². The molecule has 0 unspecified atom stereocenters. The van der Waals surface area contributed by atoms with E-state index in [1.54, 1.807) is 0 Å². The van der Waals surface area contributed by atoms with E-state index < -0.39 is 0 Å². The minimum absolute atomic E-state index is 0.0175. The van der Waals surface area contributed by atoms with Crippen molar-refractivity contribution in [3.63, 3.8) is 0 Å². The molecule has 3 N–H and O–H groups in total. The van der Waals surface area contributed by atoms with Crippen molar-refractivity contribution in [3.8, 4) is 0 Å². The van der Waals surface area contributed by atoms with Gasteiger partial charge in [0.05, 0.1) is 12.6 Å². The summed E-state index contributed by atoms with van der Waals surface area (Å²) >= 11 is 0. The third kappa shape index (κ3) is 4.56. The second kappa shape index (κ2) is 7.06. The van der Waals surface area contributed by atoms with E-state index in [1.807, 2.05) is 6.07 Å². The van der Waals surface area contributed by atoms with Gasteiger partial charge < -0.3 is 15.7 Å². The zero-order valence-corrected chi connectivity index (χ0v) is 10.8. The number of rotatable bonds is 7. The van der Waals surface area contributed by atoms with Crippen LogP contribution in [0, 0.1) is 5.92 Å². The molecular formula is C12H22N4O. The Balaban J connectivity index is 2.64. The highest BCUT2D eigenvalue weighted by atomic mass is 16.3. The van der Waals surface area contributed by atoms with Gasteiger partial charge in [0.1, 0.15) is 18.0 Å². The Morgan fingerprint density at radius 3 is 2.59 bits per heavy atom. The van der Waals surface area contributed by atoms with Crippen molar-refractivity contribution in [2.45, 2.75) is 33.2 Å². The Labute approximate surface area is 103 Å². The Morgan fingerprint density at radius 1 is 1.29 bits per heavy atom. The van der Waals surface area contributed by atoms with Crippen LogP contribution in [0.2, 0.25) is 0 Å². The lowest BCUT2D eigenvalue weighted by atomic mass is 10.1. The summed E-state index contributed by atoms with van der Waals surface area (Å²) in [5.41, 5.74) is 0. The van der Waals surface area contributed by atoms with Crippen LogP contribution in [0.4, 0.5) is 11.6 Å². The molecule has 0 aliphatic rings. The van der Waals surface area contributed by atoms with Crippen LogP contribution in [-0.2, 0) is 0 Å². The van der Waals surface area contributed by atoms with E-state index in [0.29, 0.717) is 5.92 Å². The molecule has 1 aromatic heterocycles. The predicted octanol–water partition coefficient (Wildman–Crippen LogP) is 1.73. The van der Waals surface area contributed by atoms with Gasteiger partial charge in [-0.05, 0) is 12.3 Å². The van der Waals surface area contributed by atoms with Gasteiger partial charge in [-0.2, -0.15) is 0 Å². The van der Waals surface area contributed by atoms with Crippen LogP contribution < -0.4 is 10.6 Å². The van der Waals surface area contributed by atoms with E-state index in [-0.39, 0.29) is 12.6 Å². The first-order valence-corrected chi connectivity index (χ1v) is 6.10. The van der Waals surface area contributed by atoms with E-state index >= 15 is 0 Å². The van der Waals surface area contributed by atoms with Gasteiger partial charge in [-0.25, -0.2) is 9.97 Å². The largest absolute Gasteiger partial charge is 0.394 e. The average Bonchev–Trinajstić information content (AvgIpc) is 2.33. The Morgan fingerprint density at radius 2 is 2.00 bits per heavy atom. The number of hydrogen-bond acceptors (Lipinski definition) is 5. The van der Waals surface area contributed by atoms with Crippen molar-refractivity contribution in [3.05, 3.63) is 12.4 Å². The fraction of sp³-hybridized carbons (Fsp3) is 0.667. The van der Waals surface area contributed by atoms with Crippen LogP contribution in [0.1, 0.15) is 27.2 Å². The lowest BCUT2D eigenvalue weighted by molar-refractivity contribution is 0.249. The molecule has 1 atom stereocenters. The van der Waals surface area contributed by atoms with Crippen molar-refractivity contribution < 1.29 is 5.11 Å². The van der Waals surface area contributed by atoms with Gasteiger partial charge in [-0.15, -0.1) is 0 Å². The first-order chi connectivity index (χ1) is 8.17. The van der Waals surface area contributed by atoms with Gasteiger partial charge in [0.25, 0.3) is 0 Å². The number of anilines is 2. The molecule has 5 heteroatoms. The lowest BCUT2D eigenvalue weighted by Gasteiger charge is -2.20. The van der Waals surface area contributed by atoms with E-state index in [1.165, 1.54) is 6.33 Å². The number of hydrogen-bond donors (Lipinski definition) is 3. The molecule has 0 saturated heterocycles. The second-order valence-electron chi connectivity index (χ2n) is 4.39. The Kier molecular flexibility index (Phi) is 5.69. The summed E-state index contributed by atoms with van der Waals surface area (Å²) in [5, 5.41) is 15.7. The molecule has 0 aromatic carbocycles. The molecule has 0 radical (unpaired) electrons. The van der Waals surface area contributed by atoms with Crippen molar-refractivity contribution in [1.82, 2.24) is 9.97 Å². The maximum atomic E-state index is 9.25.